The zero-order valence-corrected chi connectivity index (χ0v) is 21.9. The number of aryl methyl sites for hydroxylation is 4. The summed E-state index contributed by atoms with van der Waals surface area (Å²) in [5, 5.41) is 80.2. The smallest absolute Gasteiger partial charge is 0.298 e. The Morgan fingerprint density at radius 1 is 0.550 bits per heavy atom. The van der Waals surface area contributed by atoms with Crippen molar-refractivity contribution in [3.8, 4) is 34.5 Å². The Bertz CT molecular complexity index is 2090. The zero-order valence-electron chi connectivity index (χ0n) is 20.3. The number of hydrogen-bond acceptors (Lipinski definition) is 12. The third kappa shape index (κ3) is 2.92. The molecule has 12 nitrogen and oxygen atoms in total. The number of rotatable bonds is 4. The van der Waals surface area contributed by atoms with E-state index in [0.29, 0.717) is 36.9 Å². The predicted molar refractivity (Wildman–Crippen MR) is 142 cm³/mol. The molecule has 5 aromatic carbocycles. The number of hydrogen-bond donors (Lipinski definition) is 8. The highest BCUT2D eigenvalue weighted by Gasteiger charge is 2.38. The highest BCUT2D eigenvalue weighted by Crippen LogP contribution is 2.61. The molecule has 0 spiro atoms. The fourth-order valence-electron chi connectivity index (χ4n) is 6.89. The number of phenolic OH excluding ortho intramolecular Hbond substituents is 6. The highest BCUT2D eigenvalue weighted by atomic mass is 32.2. The van der Waals surface area contributed by atoms with Crippen molar-refractivity contribution in [2.24, 2.45) is 0 Å². The van der Waals surface area contributed by atoms with Gasteiger partial charge in [0.05, 0.1) is 16.9 Å². The summed E-state index contributed by atoms with van der Waals surface area (Å²) in [4.78, 5) is -1.04. The molecule has 0 fully saturated rings. The van der Waals surface area contributed by atoms with Crippen LogP contribution in [0, 0.1) is 0 Å². The van der Waals surface area contributed by atoms with Crippen LogP contribution in [0.5, 0.6) is 34.5 Å². The molecule has 0 amide bonds. The minimum atomic E-state index is -5.19. The fraction of sp³-hybridized carbons (Fsp3) is 0.231. The Hall–Kier alpha value is -3.66. The Balaban J connectivity index is 1.97. The van der Waals surface area contributed by atoms with Crippen molar-refractivity contribution in [3.63, 3.8) is 0 Å². The minimum absolute atomic E-state index is 0.0119. The second-order valence-electron chi connectivity index (χ2n) is 10.1. The highest BCUT2D eigenvalue weighted by molar-refractivity contribution is 7.95. The van der Waals surface area contributed by atoms with Crippen LogP contribution in [0.1, 0.15) is 35.1 Å². The molecule has 0 unspecified atom stereocenters. The molecule has 0 bridgehead atoms. The molecule has 0 aromatic heterocycles. The molecule has 2 aliphatic rings. The summed E-state index contributed by atoms with van der Waals surface area (Å²) in [6, 6.07) is 0. The second kappa shape index (κ2) is 8.19. The maximum atomic E-state index is 12.9. The number of fused-ring (bicyclic) bond motifs is 2. The van der Waals surface area contributed by atoms with Gasteiger partial charge in [0.1, 0.15) is 16.4 Å². The Morgan fingerprint density at radius 3 is 1.50 bits per heavy atom. The van der Waals surface area contributed by atoms with Crippen molar-refractivity contribution in [2.45, 2.75) is 48.3 Å². The Labute approximate surface area is 228 Å². The van der Waals surface area contributed by atoms with E-state index in [9.17, 15) is 43.6 Å². The first kappa shape index (κ1) is 25.3. The molecule has 0 radical (unpaired) electrons. The van der Waals surface area contributed by atoms with Gasteiger partial charge in [-0.25, -0.2) is 5.26 Å². The number of benzene rings is 5. The molecule has 14 heteroatoms. The molecule has 2 aliphatic carbocycles. The van der Waals surface area contributed by atoms with E-state index in [4.69, 9.17) is 5.26 Å². The molecular formula is C26H20O12S2. The van der Waals surface area contributed by atoms with Gasteiger partial charge in [-0.1, -0.05) is 5.04 Å². The molecule has 8 N–H and O–H groups in total. The van der Waals surface area contributed by atoms with Gasteiger partial charge in [0.2, 0.25) is 0 Å². The largest absolute Gasteiger partial charge is 0.506 e. The van der Waals surface area contributed by atoms with Gasteiger partial charge in [-0.3, -0.25) is 4.55 Å². The molecule has 0 saturated carbocycles. The van der Waals surface area contributed by atoms with Crippen LogP contribution < -0.4 is 0 Å². The molecule has 0 atom stereocenters. The maximum absolute atomic E-state index is 12.9. The molecular weight excluding hydrogens is 568 g/mol. The molecule has 40 heavy (non-hydrogen) atoms. The van der Waals surface area contributed by atoms with Crippen molar-refractivity contribution in [2.75, 3.05) is 0 Å². The summed E-state index contributed by atoms with van der Waals surface area (Å²) in [5.74, 6) is -3.64. The van der Waals surface area contributed by atoms with E-state index in [2.05, 4.69) is 9.37 Å². The lowest BCUT2D eigenvalue weighted by molar-refractivity contribution is -0.432. The van der Waals surface area contributed by atoms with Gasteiger partial charge in [-0.05, 0) is 49.3 Å². The topological polar surface area (TPSA) is 214 Å². The van der Waals surface area contributed by atoms with Crippen LogP contribution in [-0.4, -0.2) is 48.9 Å². The minimum Gasteiger partial charge on any atom is -0.506 e. The monoisotopic (exact) mass is 588 g/mol. The predicted octanol–water partition coefficient (Wildman–Crippen LogP) is 4.62. The normalized spacial score (nSPS) is 15.2. The number of aromatic hydroxyl groups is 6. The van der Waals surface area contributed by atoms with E-state index >= 15 is 0 Å². The van der Waals surface area contributed by atoms with Crippen LogP contribution in [0.25, 0.3) is 43.1 Å². The molecule has 0 aliphatic heterocycles. The molecule has 5 aromatic rings. The van der Waals surface area contributed by atoms with Gasteiger partial charge in [0, 0.05) is 54.6 Å². The van der Waals surface area contributed by atoms with Crippen LogP contribution in [0.3, 0.4) is 0 Å². The standard InChI is InChI=1S/C26H20O12S2/c27-19-8-4-2-6-10-12(8)14-15(23(19)31)17-13-11-7(3-1-5-9(11)21(29)25(17)39-38-37-33)20(28)24(32)16(13)18(14)26(22(10)30)40(34,35)36/h27-33H,1-6H2,(H,34,35,36). The molecule has 208 valence electrons. The number of phenols is 6. The van der Waals surface area contributed by atoms with Crippen LogP contribution in [0.4, 0.5) is 0 Å². The van der Waals surface area contributed by atoms with Gasteiger partial charge in [-0.15, -0.1) is 4.33 Å². The van der Waals surface area contributed by atoms with Crippen LogP contribution in [-0.2, 0) is 45.2 Å². The maximum Gasteiger partial charge on any atom is 0.298 e. The third-order valence-corrected chi connectivity index (χ3v) is 9.88. The van der Waals surface area contributed by atoms with Crippen molar-refractivity contribution in [1.82, 2.24) is 0 Å². The van der Waals surface area contributed by atoms with E-state index in [1.165, 1.54) is 0 Å². The Kier molecular flexibility index (Phi) is 5.18. The van der Waals surface area contributed by atoms with Crippen LogP contribution >= 0.6 is 12.0 Å². The summed E-state index contributed by atoms with van der Waals surface area (Å²) >= 11 is 0.364. The molecule has 7 rings (SSSR count). The average Bonchev–Trinajstić information content (AvgIpc) is 2.92. The lowest BCUT2D eigenvalue weighted by Crippen LogP contribution is -2.10. The van der Waals surface area contributed by atoms with Crippen molar-refractivity contribution >= 4 is 65.3 Å². The van der Waals surface area contributed by atoms with Crippen LogP contribution in [0.2, 0.25) is 0 Å². The Morgan fingerprint density at radius 2 is 1.00 bits per heavy atom. The third-order valence-electron chi connectivity index (χ3n) is 8.27. The van der Waals surface area contributed by atoms with Crippen molar-refractivity contribution in [3.05, 3.63) is 22.3 Å². The van der Waals surface area contributed by atoms with Gasteiger partial charge in [-0.2, -0.15) is 8.42 Å². The average molecular weight is 589 g/mol. The van der Waals surface area contributed by atoms with E-state index in [1.807, 2.05) is 0 Å². The van der Waals surface area contributed by atoms with Gasteiger partial charge >= 0.3 is 0 Å². The van der Waals surface area contributed by atoms with E-state index in [0.717, 1.165) is 0 Å². The second-order valence-corrected chi connectivity index (χ2v) is 12.1. The van der Waals surface area contributed by atoms with E-state index < -0.39 is 43.8 Å². The van der Waals surface area contributed by atoms with Crippen LogP contribution in [0.15, 0.2) is 9.79 Å². The van der Waals surface area contributed by atoms with Crippen molar-refractivity contribution < 1.29 is 58.2 Å². The van der Waals surface area contributed by atoms with Gasteiger partial charge in [0.25, 0.3) is 10.1 Å². The quantitative estimate of drug-likeness (QED) is 0.0274. The SMILES string of the molecule is O=S(=O)(O)c1c(O)c2c3c(c(O)c(O)c4c5c(SOOO)c(O)c6c7c(c(O)c(O)c(c1c34)c75)CCC6)CCC2. The lowest BCUT2D eigenvalue weighted by Gasteiger charge is -2.29. The van der Waals surface area contributed by atoms with E-state index in [1.54, 1.807) is 0 Å². The summed E-state index contributed by atoms with van der Waals surface area (Å²) in [5.41, 5.74) is 0.855. The molecule has 0 heterocycles. The van der Waals surface area contributed by atoms with Gasteiger partial charge in [0.15, 0.2) is 23.0 Å². The van der Waals surface area contributed by atoms with Gasteiger partial charge < -0.3 is 30.6 Å². The zero-order chi connectivity index (χ0) is 28.4. The fourth-order valence-corrected chi connectivity index (χ4v) is 8.31. The van der Waals surface area contributed by atoms with Crippen molar-refractivity contribution in [1.29, 1.82) is 0 Å². The summed E-state index contributed by atoms with van der Waals surface area (Å²) < 4.78 is 40.8. The summed E-state index contributed by atoms with van der Waals surface area (Å²) in [7, 11) is -5.19. The lowest BCUT2D eigenvalue weighted by atomic mass is 9.78. The first-order valence-corrected chi connectivity index (χ1v) is 14.4. The summed E-state index contributed by atoms with van der Waals surface area (Å²) in [6.07, 6.45) is 1.82. The molecule has 0 saturated heterocycles. The first-order chi connectivity index (χ1) is 19.0. The van der Waals surface area contributed by atoms with E-state index in [-0.39, 0.29) is 89.7 Å². The summed E-state index contributed by atoms with van der Waals surface area (Å²) in [6.45, 7) is 0. The first-order valence-electron chi connectivity index (χ1n) is 12.2.